The van der Waals surface area contributed by atoms with Crippen molar-refractivity contribution >= 4 is 59.0 Å². The smallest absolute Gasteiger partial charge is 0.475 e. The predicted molar refractivity (Wildman–Crippen MR) is 307 cm³/mol. The number of likely N-dealkylation sites (N-methyl/N-ethyl adjacent to an activating group) is 2. The van der Waals surface area contributed by atoms with Gasteiger partial charge in [0, 0.05) is 50.3 Å². The first-order valence-electron chi connectivity index (χ1n) is 26.7. The van der Waals surface area contributed by atoms with Gasteiger partial charge in [0.2, 0.25) is 0 Å². The number of carbonyl (C=O) groups excluding carboxylic acids is 2. The highest BCUT2D eigenvalue weighted by Crippen LogP contribution is 2.51. The lowest BCUT2D eigenvalue weighted by Gasteiger charge is -2.30. The van der Waals surface area contributed by atoms with Crippen molar-refractivity contribution in [3.05, 3.63) is 101 Å². The summed E-state index contributed by atoms with van der Waals surface area (Å²) in [7, 11) is 4.11. The van der Waals surface area contributed by atoms with E-state index < -0.39 is 35.5 Å². The molecule has 6 N–H and O–H groups in total. The molecule has 5 aromatic rings. The summed E-state index contributed by atoms with van der Waals surface area (Å²) in [6.07, 6.45) is 17.2. The third-order valence-electron chi connectivity index (χ3n) is 12.9. The number of aromatic nitrogens is 9. The van der Waals surface area contributed by atoms with E-state index in [-0.39, 0.29) is 28.3 Å². The zero-order valence-corrected chi connectivity index (χ0v) is 50.2. The van der Waals surface area contributed by atoms with Gasteiger partial charge in [0.1, 0.15) is 42.8 Å². The summed E-state index contributed by atoms with van der Waals surface area (Å²) < 4.78 is 78.7. The quantitative estimate of drug-likeness (QED) is 0.0470. The molecule has 2 atom stereocenters. The number of pyridine rings is 3. The van der Waals surface area contributed by atoms with Crippen molar-refractivity contribution in [2.24, 2.45) is 15.7 Å². The Balaban J connectivity index is 0.000000222. The fourth-order valence-electron chi connectivity index (χ4n) is 8.13. The van der Waals surface area contributed by atoms with Gasteiger partial charge in [0.05, 0.1) is 54.4 Å². The number of rotatable bonds is 11. The van der Waals surface area contributed by atoms with Gasteiger partial charge in [-0.15, -0.1) is 0 Å². The first-order valence-corrected chi connectivity index (χ1v) is 27.7. The lowest BCUT2D eigenvalue weighted by Crippen LogP contribution is -2.47. The first-order chi connectivity index (χ1) is 39.2. The van der Waals surface area contributed by atoms with Crippen LogP contribution in [0.3, 0.4) is 0 Å². The van der Waals surface area contributed by atoms with Crippen LogP contribution in [0.2, 0.25) is 0 Å². The summed E-state index contributed by atoms with van der Waals surface area (Å²) in [5.74, 6) is -5.80. The summed E-state index contributed by atoms with van der Waals surface area (Å²) in [6.45, 7) is 12.1. The normalized spacial score (nSPS) is 18.1. The topological polar surface area (TPSA) is 302 Å². The zero-order valence-electron chi connectivity index (χ0n) is 48.0. The van der Waals surface area contributed by atoms with Gasteiger partial charge in [0.15, 0.2) is 0 Å². The number of hydrogen-bond acceptors (Lipinski definition) is 18. The number of nitrogens with one attached hydrogen (secondary N) is 2. The molecule has 5 aliphatic rings. The first kappa shape index (κ1) is 69.6. The number of esters is 2. The van der Waals surface area contributed by atoms with Crippen molar-refractivity contribution in [3.63, 3.8) is 0 Å². The number of ether oxygens (including phenoxy) is 2. The molecule has 5 aromatic heterocycles. The number of hydrogen-bond donors (Lipinski definition) is 5. The number of nitrogens with zero attached hydrogens (tertiary/aromatic N) is 11. The lowest BCUT2D eigenvalue weighted by molar-refractivity contribution is -0.193. The van der Waals surface area contributed by atoms with E-state index in [0.717, 1.165) is 77.1 Å². The molecular formula is C55H73F6IN14O8. The van der Waals surface area contributed by atoms with Crippen LogP contribution >= 0.6 is 22.6 Å². The van der Waals surface area contributed by atoms with Crippen molar-refractivity contribution in [2.75, 3.05) is 20.6 Å². The van der Waals surface area contributed by atoms with E-state index >= 15 is 0 Å². The van der Waals surface area contributed by atoms with Gasteiger partial charge in [0.25, 0.3) is 0 Å². The van der Waals surface area contributed by atoms with Crippen LogP contribution in [0.25, 0.3) is 11.4 Å². The molecule has 0 aromatic carbocycles. The Morgan fingerprint density at radius 1 is 0.643 bits per heavy atom. The highest BCUT2D eigenvalue weighted by molar-refractivity contribution is 14.1. The van der Waals surface area contributed by atoms with Gasteiger partial charge in [-0.1, -0.05) is 12.8 Å². The molecule has 22 nitrogen and oxygen atoms in total. The van der Waals surface area contributed by atoms with E-state index in [0.29, 0.717) is 24.9 Å². The molecule has 1 aliphatic heterocycles. The summed E-state index contributed by atoms with van der Waals surface area (Å²) in [5, 5.41) is 29.0. The molecule has 0 spiro atoms. The van der Waals surface area contributed by atoms with Crippen LogP contribution in [0.1, 0.15) is 136 Å². The minimum absolute atomic E-state index is 0.0628. The molecule has 460 valence electrons. The third-order valence-corrected chi connectivity index (χ3v) is 13.6. The van der Waals surface area contributed by atoms with Crippen molar-refractivity contribution in [1.29, 1.82) is 0 Å². The van der Waals surface area contributed by atoms with Gasteiger partial charge in [-0.2, -0.15) is 36.5 Å². The molecule has 0 radical (unpaired) electrons. The number of aliphatic imine (C=N–C) groups is 2. The summed E-state index contributed by atoms with van der Waals surface area (Å²) in [4.78, 5) is 70.3. The molecule has 0 saturated heterocycles. The number of carboxylic acids is 2. The van der Waals surface area contributed by atoms with Gasteiger partial charge in [-0.05, 0) is 166 Å². The van der Waals surface area contributed by atoms with Crippen LogP contribution in [-0.2, 0) is 45.0 Å². The van der Waals surface area contributed by atoms with Crippen LogP contribution < -0.4 is 16.4 Å². The molecule has 4 saturated carbocycles. The molecule has 4 fully saturated rings. The Morgan fingerprint density at radius 3 is 1.29 bits per heavy atom. The van der Waals surface area contributed by atoms with Crippen molar-refractivity contribution < 1.29 is 65.2 Å². The Kier molecular flexibility index (Phi) is 25.5. The van der Waals surface area contributed by atoms with E-state index in [1.807, 2.05) is 84.1 Å². The maximum atomic E-state index is 12.1. The van der Waals surface area contributed by atoms with E-state index in [1.54, 1.807) is 47.0 Å². The number of carbonyl (C=O) groups is 4. The van der Waals surface area contributed by atoms with Crippen molar-refractivity contribution in [1.82, 2.24) is 55.1 Å². The van der Waals surface area contributed by atoms with Gasteiger partial charge in [-0.25, -0.2) is 33.9 Å². The highest BCUT2D eigenvalue weighted by atomic mass is 127. The van der Waals surface area contributed by atoms with Crippen LogP contribution in [0.5, 0.6) is 0 Å². The maximum Gasteiger partial charge on any atom is 0.490 e. The van der Waals surface area contributed by atoms with E-state index in [4.69, 9.17) is 35.0 Å². The third kappa shape index (κ3) is 24.4. The number of alkyl halides is 6. The Bertz CT molecular complexity index is 2840. The SMILES string of the molecule is C1=NC=NC1.CC(C)(C)OC(=O)CC1(c2ccc(-n3cncn3)cn2)CC1.CC(C)(C)OC(=O)CC1(c2ccc(I)cn2)CC1.CN[C@@H]1CCCC[C@H]1NC.NC1(c2ccc(-n3cncn3)cn2)CC1.O=C(O)C(F)(F)F.O=C(O)C(F)(F)F. The monoisotopic (exact) mass is 1300 g/mol. The Hall–Kier alpha value is -6.86. The maximum absolute atomic E-state index is 12.1. The van der Waals surface area contributed by atoms with E-state index in [1.165, 1.54) is 38.3 Å². The lowest BCUT2D eigenvalue weighted by atomic mass is 9.91. The number of carboxylic acid groups (broad SMARTS) is 2. The van der Waals surface area contributed by atoms with Crippen molar-refractivity contribution in [2.45, 2.75) is 171 Å². The summed E-state index contributed by atoms with van der Waals surface area (Å²) in [6, 6.07) is 13.3. The second kappa shape index (κ2) is 30.8. The fraction of sp³-hybridized carbons (Fsp3) is 0.545. The Labute approximate surface area is 496 Å². The average Bonchev–Trinajstić information content (AvgIpc) is 1.98. The zero-order chi connectivity index (χ0) is 62.6. The van der Waals surface area contributed by atoms with Gasteiger partial charge >= 0.3 is 36.2 Å². The number of nitrogens with two attached hydrogens (primary N) is 1. The molecule has 0 amide bonds. The van der Waals surface area contributed by atoms with Crippen LogP contribution in [-0.4, -0.2) is 147 Å². The molecule has 4 aliphatic carbocycles. The number of halogens is 7. The number of aliphatic carboxylic acids is 2. The van der Waals surface area contributed by atoms with Crippen LogP contribution in [0.4, 0.5) is 26.3 Å². The molecule has 10 rings (SSSR count). The van der Waals surface area contributed by atoms with E-state index in [2.05, 4.69) is 92.4 Å². The van der Waals surface area contributed by atoms with Crippen LogP contribution in [0, 0.1) is 3.57 Å². The van der Waals surface area contributed by atoms with Gasteiger partial charge in [-0.3, -0.25) is 29.5 Å². The fourth-order valence-corrected chi connectivity index (χ4v) is 8.45. The largest absolute Gasteiger partial charge is 0.490 e. The standard InChI is InChI=1S/C16H20N4O2.C14H18INO2.C10H11N5.C8H18N2.C3H4N2.2C2HF3O2/c1-15(2,3)22-14(21)8-16(6-7-16)13-5-4-12(9-18-13)20-11-17-10-19-20;1-13(2,3)18-12(17)8-14(6-7-14)11-5-4-10(15)9-16-11;11-10(3-4-10)9-2-1-8(5-13-9)15-7-12-6-14-15;1-9-7-5-3-4-6-8(7)10-2;1-2-5-3-4-1;2*3-2(4,5)1(6)7/h4-5,9-11H,6-8H2,1-3H3;4-5,9H,6-8H2,1-3H3;1-2,5-7H,3-4,11H2;7-10H,3-6H2,1-2H3;1,3H,2H2;2*(H,6,7)/t;;;7-,8-;;;/m...1.../s1. The minimum atomic E-state index is -5.08. The summed E-state index contributed by atoms with van der Waals surface area (Å²) >= 11 is 2.23. The molecule has 29 heteroatoms. The van der Waals surface area contributed by atoms with Gasteiger partial charge < -0.3 is 36.1 Å². The Morgan fingerprint density at radius 2 is 1.04 bits per heavy atom. The predicted octanol–water partition coefficient (Wildman–Crippen LogP) is 8.59. The molecule has 6 heterocycles. The average molecular weight is 1300 g/mol. The summed E-state index contributed by atoms with van der Waals surface area (Å²) in [5.41, 5.74) is 9.50. The second-order valence-electron chi connectivity index (χ2n) is 22.1. The highest BCUT2D eigenvalue weighted by Gasteiger charge is 2.49. The molecule has 0 bridgehead atoms. The van der Waals surface area contributed by atoms with Crippen LogP contribution in [0.15, 0.2) is 90.3 Å². The molecule has 0 unspecified atom stereocenters. The minimum Gasteiger partial charge on any atom is -0.475 e. The molecular weight excluding hydrogens is 1230 g/mol. The molecule has 84 heavy (non-hydrogen) atoms. The second-order valence-corrected chi connectivity index (χ2v) is 23.3. The van der Waals surface area contributed by atoms with Crippen molar-refractivity contribution in [3.8, 4) is 11.4 Å². The van der Waals surface area contributed by atoms with E-state index in [9.17, 15) is 35.9 Å².